The highest BCUT2D eigenvalue weighted by atomic mass is 16.2. The standard InChI is InChI=1S/C16H19N3O/c17-12-16(8-3-4-9-16)18-15(20)11-19-10-7-13-5-1-2-6-14(13)19/h1-2,5-6H,3-4,7-11H2,(H,18,20). The van der Waals surface area contributed by atoms with E-state index in [1.54, 1.807) is 0 Å². The number of nitriles is 1. The fraction of sp³-hybridized carbons (Fsp3) is 0.500. The van der Waals surface area contributed by atoms with E-state index in [0.29, 0.717) is 6.54 Å². The summed E-state index contributed by atoms with van der Waals surface area (Å²) in [7, 11) is 0. The molecule has 0 saturated heterocycles. The van der Waals surface area contributed by atoms with E-state index in [2.05, 4.69) is 28.4 Å². The van der Waals surface area contributed by atoms with Crippen molar-refractivity contribution in [1.29, 1.82) is 5.26 Å². The fourth-order valence-corrected chi connectivity index (χ4v) is 3.29. The van der Waals surface area contributed by atoms with E-state index in [4.69, 9.17) is 0 Å². The zero-order chi connectivity index (χ0) is 14.0. The molecule has 1 fully saturated rings. The van der Waals surface area contributed by atoms with Gasteiger partial charge in [0, 0.05) is 12.2 Å². The van der Waals surface area contributed by atoms with Gasteiger partial charge in [0.2, 0.25) is 5.91 Å². The molecule has 0 unspecified atom stereocenters. The average Bonchev–Trinajstić information content (AvgIpc) is 3.07. The highest BCUT2D eigenvalue weighted by Gasteiger charge is 2.35. The van der Waals surface area contributed by atoms with Crippen LogP contribution < -0.4 is 10.2 Å². The molecule has 1 aromatic rings. The normalized spacial score (nSPS) is 19.4. The molecule has 4 nitrogen and oxygen atoms in total. The minimum Gasteiger partial charge on any atom is -0.362 e. The molecule has 20 heavy (non-hydrogen) atoms. The summed E-state index contributed by atoms with van der Waals surface area (Å²) in [6.07, 6.45) is 4.62. The Morgan fingerprint density at radius 3 is 2.85 bits per heavy atom. The van der Waals surface area contributed by atoms with Gasteiger partial charge >= 0.3 is 0 Å². The number of fused-ring (bicyclic) bond motifs is 1. The Morgan fingerprint density at radius 2 is 2.10 bits per heavy atom. The number of para-hydroxylation sites is 1. The molecule has 1 aliphatic heterocycles. The van der Waals surface area contributed by atoms with Crippen molar-refractivity contribution in [2.45, 2.75) is 37.6 Å². The minimum absolute atomic E-state index is 0.0369. The van der Waals surface area contributed by atoms with E-state index in [1.807, 2.05) is 12.1 Å². The molecule has 0 atom stereocenters. The second kappa shape index (κ2) is 5.16. The van der Waals surface area contributed by atoms with Crippen LogP contribution in [0.1, 0.15) is 31.2 Å². The van der Waals surface area contributed by atoms with Crippen molar-refractivity contribution in [2.75, 3.05) is 18.0 Å². The van der Waals surface area contributed by atoms with Crippen molar-refractivity contribution < 1.29 is 4.79 Å². The highest BCUT2D eigenvalue weighted by molar-refractivity contribution is 5.83. The van der Waals surface area contributed by atoms with Crippen LogP contribution in [0.5, 0.6) is 0 Å². The molecule has 4 heteroatoms. The lowest BCUT2D eigenvalue weighted by molar-refractivity contribution is -0.121. The first-order chi connectivity index (χ1) is 9.72. The van der Waals surface area contributed by atoms with E-state index in [0.717, 1.165) is 44.3 Å². The van der Waals surface area contributed by atoms with Gasteiger partial charge in [-0.15, -0.1) is 0 Å². The Balaban J connectivity index is 1.65. The predicted molar refractivity (Wildman–Crippen MR) is 77.3 cm³/mol. The Bertz CT molecular complexity index is 555. The maximum atomic E-state index is 12.2. The number of nitrogens with zero attached hydrogens (tertiary/aromatic N) is 2. The first-order valence-electron chi connectivity index (χ1n) is 7.28. The van der Waals surface area contributed by atoms with Crippen LogP contribution in [0, 0.1) is 11.3 Å². The van der Waals surface area contributed by atoms with Crippen LogP contribution in [0.3, 0.4) is 0 Å². The summed E-state index contributed by atoms with van der Waals surface area (Å²) >= 11 is 0. The summed E-state index contributed by atoms with van der Waals surface area (Å²) in [5.74, 6) is -0.0369. The topological polar surface area (TPSA) is 56.1 Å². The molecule has 0 radical (unpaired) electrons. The summed E-state index contributed by atoms with van der Waals surface area (Å²) in [5.41, 5.74) is 1.84. The van der Waals surface area contributed by atoms with Gasteiger partial charge in [-0.1, -0.05) is 18.2 Å². The van der Waals surface area contributed by atoms with Crippen LogP contribution in [-0.4, -0.2) is 24.5 Å². The number of carbonyl (C=O) groups excluding carboxylic acids is 1. The molecule has 2 aliphatic rings. The summed E-state index contributed by atoms with van der Waals surface area (Å²) in [4.78, 5) is 14.3. The largest absolute Gasteiger partial charge is 0.362 e. The van der Waals surface area contributed by atoms with Crippen LogP contribution >= 0.6 is 0 Å². The molecule has 1 saturated carbocycles. The summed E-state index contributed by atoms with van der Waals surface area (Å²) in [5, 5.41) is 12.3. The molecule has 0 spiro atoms. The number of nitrogens with one attached hydrogen (secondary N) is 1. The van der Waals surface area contributed by atoms with Crippen molar-refractivity contribution in [3.63, 3.8) is 0 Å². The zero-order valence-electron chi connectivity index (χ0n) is 11.6. The maximum absolute atomic E-state index is 12.2. The lowest BCUT2D eigenvalue weighted by atomic mass is 10.00. The Morgan fingerprint density at radius 1 is 1.35 bits per heavy atom. The van der Waals surface area contributed by atoms with Crippen molar-refractivity contribution in [1.82, 2.24) is 5.32 Å². The van der Waals surface area contributed by atoms with Gasteiger partial charge in [0.25, 0.3) is 0 Å². The van der Waals surface area contributed by atoms with E-state index >= 15 is 0 Å². The first-order valence-corrected chi connectivity index (χ1v) is 7.28. The van der Waals surface area contributed by atoms with Gasteiger partial charge in [-0.05, 0) is 43.7 Å². The molecule has 1 aromatic carbocycles. The zero-order valence-corrected chi connectivity index (χ0v) is 11.6. The van der Waals surface area contributed by atoms with E-state index < -0.39 is 5.54 Å². The third kappa shape index (κ3) is 2.36. The van der Waals surface area contributed by atoms with Crippen LogP contribution in [-0.2, 0) is 11.2 Å². The van der Waals surface area contributed by atoms with Gasteiger partial charge in [-0.2, -0.15) is 5.26 Å². The maximum Gasteiger partial charge on any atom is 0.240 e. The first kappa shape index (κ1) is 13.0. The number of anilines is 1. The van der Waals surface area contributed by atoms with E-state index in [-0.39, 0.29) is 5.91 Å². The Kier molecular flexibility index (Phi) is 3.35. The second-order valence-corrected chi connectivity index (χ2v) is 5.75. The summed E-state index contributed by atoms with van der Waals surface area (Å²) in [6.45, 7) is 1.23. The molecule has 1 amide bonds. The fourth-order valence-electron chi connectivity index (χ4n) is 3.29. The molecule has 1 N–H and O–H groups in total. The molecule has 0 bridgehead atoms. The van der Waals surface area contributed by atoms with Crippen molar-refractivity contribution >= 4 is 11.6 Å². The molecule has 3 rings (SSSR count). The van der Waals surface area contributed by atoms with Gasteiger partial charge < -0.3 is 10.2 Å². The summed E-state index contributed by atoms with van der Waals surface area (Å²) in [6, 6.07) is 10.5. The second-order valence-electron chi connectivity index (χ2n) is 5.75. The van der Waals surface area contributed by atoms with Crippen LogP contribution in [0.25, 0.3) is 0 Å². The van der Waals surface area contributed by atoms with Crippen LogP contribution in [0.4, 0.5) is 5.69 Å². The van der Waals surface area contributed by atoms with Crippen LogP contribution in [0.15, 0.2) is 24.3 Å². The predicted octanol–water partition coefficient (Wildman–Crippen LogP) is 2.00. The van der Waals surface area contributed by atoms with Gasteiger partial charge in [0.15, 0.2) is 0 Å². The number of hydrogen-bond acceptors (Lipinski definition) is 3. The van der Waals surface area contributed by atoms with Crippen molar-refractivity contribution in [3.05, 3.63) is 29.8 Å². The van der Waals surface area contributed by atoms with Crippen molar-refractivity contribution in [3.8, 4) is 6.07 Å². The quantitative estimate of drug-likeness (QED) is 0.913. The summed E-state index contributed by atoms with van der Waals surface area (Å²) < 4.78 is 0. The molecular weight excluding hydrogens is 250 g/mol. The lowest BCUT2D eigenvalue weighted by Gasteiger charge is -2.25. The number of benzene rings is 1. The van der Waals surface area contributed by atoms with E-state index in [1.165, 1.54) is 5.56 Å². The number of hydrogen-bond donors (Lipinski definition) is 1. The number of amides is 1. The number of carbonyl (C=O) groups is 1. The third-order valence-corrected chi connectivity index (χ3v) is 4.37. The molecular formula is C16H19N3O. The monoisotopic (exact) mass is 269 g/mol. The Labute approximate surface area is 119 Å². The Hall–Kier alpha value is -2.02. The molecule has 0 aromatic heterocycles. The highest BCUT2D eigenvalue weighted by Crippen LogP contribution is 2.30. The molecule has 104 valence electrons. The van der Waals surface area contributed by atoms with Crippen LogP contribution in [0.2, 0.25) is 0 Å². The van der Waals surface area contributed by atoms with Gasteiger partial charge in [0.1, 0.15) is 5.54 Å². The average molecular weight is 269 g/mol. The van der Waals surface area contributed by atoms with Gasteiger partial charge in [-0.3, -0.25) is 4.79 Å². The third-order valence-electron chi connectivity index (χ3n) is 4.37. The van der Waals surface area contributed by atoms with E-state index in [9.17, 15) is 10.1 Å². The minimum atomic E-state index is -0.615. The lowest BCUT2D eigenvalue weighted by Crippen LogP contribution is -2.48. The molecule has 1 heterocycles. The van der Waals surface area contributed by atoms with Gasteiger partial charge in [-0.25, -0.2) is 0 Å². The van der Waals surface area contributed by atoms with Crippen molar-refractivity contribution in [2.24, 2.45) is 0 Å². The SMILES string of the molecule is N#CC1(NC(=O)CN2CCc3ccccc32)CCCC1. The molecule has 1 aliphatic carbocycles. The number of rotatable bonds is 3. The van der Waals surface area contributed by atoms with Gasteiger partial charge in [0.05, 0.1) is 12.6 Å². The smallest absolute Gasteiger partial charge is 0.240 e.